The first kappa shape index (κ1) is 5.44. The maximum atomic E-state index is 8.31. The van der Waals surface area contributed by atoms with Crippen LogP contribution < -0.4 is 0 Å². The van der Waals surface area contributed by atoms with Crippen LogP contribution in [0.1, 0.15) is 6.92 Å². The van der Waals surface area contributed by atoms with Gasteiger partial charge < -0.3 is 5.11 Å². The quantitative estimate of drug-likeness (QED) is 0.531. The van der Waals surface area contributed by atoms with Crippen molar-refractivity contribution >= 4 is 15.9 Å². The van der Waals surface area contributed by atoms with Crippen LogP contribution in [-0.2, 0) is 0 Å². The van der Waals surface area contributed by atoms with Crippen LogP contribution >= 0.6 is 15.9 Å². The molecule has 5 heavy (non-hydrogen) atoms. The Morgan fingerprint density at radius 1 is 2.00 bits per heavy atom. The summed E-state index contributed by atoms with van der Waals surface area (Å²) in [6.07, 6.45) is -0.199. The minimum absolute atomic E-state index is 0.199. The molecule has 0 heterocycles. The lowest BCUT2D eigenvalue weighted by Crippen LogP contribution is -1.97. The van der Waals surface area contributed by atoms with Crippen molar-refractivity contribution in [1.82, 2.24) is 0 Å². The topological polar surface area (TPSA) is 20.2 Å². The van der Waals surface area contributed by atoms with E-state index in [-0.39, 0.29) is 6.10 Å². The normalized spacial score (nSPS) is 15.0. The molecule has 1 nitrogen and oxygen atoms in total. The summed E-state index contributed by atoms with van der Waals surface area (Å²) in [6, 6.07) is 0. The highest BCUT2D eigenvalue weighted by Crippen LogP contribution is 1.84. The Morgan fingerprint density at radius 3 is 2.20 bits per heavy atom. The molecule has 0 saturated heterocycles. The van der Waals surface area contributed by atoms with E-state index >= 15 is 0 Å². The second-order valence-corrected chi connectivity index (χ2v) is 1.65. The third-order valence-corrected chi connectivity index (χ3v) is 1.16. The maximum Gasteiger partial charge on any atom is 0.0608 e. The zero-order chi connectivity index (χ0) is 4.28. The second kappa shape index (κ2) is 2.67. The van der Waals surface area contributed by atoms with Gasteiger partial charge in [-0.15, -0.1) is 0 Å². The Morgan fingerprint density at radius 2 is 2.20 bits per heavy atom. The summed E-state index contributed by atoms with van der Waals surface area (Å²) in [5.41, 5.74) is 0. The van der Waals surface area contributed by atoms with Gasteiger partial charge in [0.2, 0.25) is 0 Å². The van der Waals surface area contributed by atoms with Gasteiger partial charge in [-0.1, -0.05) is 15.9 Å². The predicted octanol–water partition coefficient (Wildman–Crippen LogP) is 0.762. The van der Waals surface area contributed by atoms with Gasteiger partial charge in [0.25, 0.3) is 0 Å². The van der Waals surface area contributed by atoms with Crippen molar-refractivity contribution in [1.29, 1.82) is 0 Å². The predicted molar refractivity (Wildman–Crippen MR) is 25.5 cm³/mol. The Labute approximate surface area is 40.1 Å². The smallest absolute Gasteiger partial charge is 0.0608 e. The van der Waals surface area contributed by atoms with E-state index in [0.29, 0.717) is 5.33 Å². The Bertz CT molecular complexity index is 20.9. The summed E-state index contributed by atoms with van der Waals surface area (Å²) in [4.78, 5) is 0. The first-order valence-electron chi connectivity index (χ1n) is 1.51. The van der Waals surface area contributed by atoms with Crippen LogP contribution in [0.2, 0.25) is 0 Å². The number of hydrogen-bond donors (Lipinski definition) is 1. The molecule has 0 unspecified atom stereocenters. The van der Waals surface area contributed by atoms with E-state index in [1.54, 1.807) is 6.92 Å². The van der Waals surface area contributed by atoms with Crippen LogP contribution in [0.25, 0.3) is 0 Å². The summed E-state index contributed by atoms with van der Waals surface area (Å²) < 4.78 is 0. The van der Waals surface area contributed by atoms with Gasteiger partial charge in [-0.3, -0.25) is 0 Å². The molecule has 1 N–H and O–H groups in total. The molecular weight excluding hydrogens is 132 g/mol. The summed E-state index contributed by atoms with van der Waals surface area (Å²) in [5, 5.41) is 8.99. The van der Waals surface area contributed by atoms with Crippen molar-refractivity contribution in [3.8, 4) is 0 Å². The first-order valence-corrected chi connectivity index (χ1v) is 2.63. The van der Waals surface area contributed by atoms with Crippen LogP contribution in [0, 0.1) is 0 Å². The minimum atomic E-state index is -0.199. The van der Waals surface area contributed by atoms with Crippen LogP contribution in [0.4, 0.5) is 0 Å². The minimum Gasteiger partial charge on any atom is -0.393 e. The van der Waals surface area contributed by atoms with Gasteiger partial charge in [-0.05, 0) is 6.92 Å². The van der Waals surface area contributed by atoms with Crippen LogP contribution in [-0.4, -0.2) is 16.5 Å². The van der Waals surface area contributed by atoms with Gasteiger partial charge in [-0.2, -0.15) is 0 Å². The van der Waals surface area contributed by atoms with Gasteiger partial charge in [-0.25, -0.2) is 0 Å². The van der Waals surface area contributed by atoms with E-state index in [1.807, 2.05) is 0 Å². The molecule has 0 aromatic carbocycles. The average Bonchev–Trinajstić information content (AvgIpc) is 1.38. The molecule has 0 saturated carbocycles. The van der Waals surface area contributed by atoms with Gasteiger partial charge in [0.05, 0.1) is 6.10 Å². The fourth-order valence-corrected chi connectivity index (χ4v) is 0. The SMILES string of the molecule is C[C@@H](O)CBr. The highest BCUT2D eigenvalue weighted by molar-refractivity contribution is 9.09. The zero-order valence-corrected chi connectivity index (χ0v) is 4.70. The van der Waals surface area contributed by atoms with Crippen LogP contribution in [0.5, 0.6) is 0 Å². The molecule has 0 fully saturated rings. The third-order valence-electron chi connectivity index (χ3n) is 0.223. The summed E-state index contributed by atoms with van der Waals surface area (Å²) in [5.74, 6) is 0. The van der Waals surface area contributed by atoms with E-state index < -0.39 is 0 Å². The fraction of sp³-hybridized carbons (Fsp3) is 1.00. The van der Waals surface area contributed by atoms with Gasteiger partial charge in [0.15, 0.2) is 0 Å². The standard InChI is InChI=1S/C3H7BrO/c1-3(5)2-4/h3,5H,2H2,1H3/t3-/m1/s1. The van der Waals surface area contributed by atoms with Crippen molar-refractivity contribution in [2.24, 2.45) is 0 Å². The van der Waals surface area contributed by atoms with Gasteiger partial charge >= 0.3 is 0 Å². The lowest BCUT2D eigenvalue weighted by molar-refractivity contribution is 0.222. The summed E-state index contributed by atoms with van der Waals surface area (Å²) in [6.45, 7) is 1.73. The maximum absolute atomic E-state index is 8.31. The van der Waals surface area contributed by atoms with E-state index in [4.69, 9.17) is 5.11 Å². The molecule has 0 aliphatic rings. The Kier molecular flexibility index (Phi) is 2.90. The molecule has 0 amide bonds. The number of halogens is 1. The molecule has 0 aromatic heterocycles. The molecule has 32 valence electrons. The second-order valence-electron chi connectivity index (χ2n) is 1.00. The number of hydrogen-bond acceptors (Lipinski definition) is 1. The van der Waals surface area contributed by atoms with Crippen LogP contribution in [0.15, 0.2) is 0 Å². The molecule has 2 heteroatoms. The molecule has 0 bridgehead atoms. The highest BCUT2D eigenvalue weighted by atomic mass is 79.9. The lowest BCUT2D eigenvalue weighted by Gasteiger charge is -1.89. The lowest BCUT2D eigenvalue weighted by atomic mass is 10.5. The molecule has 0 rings (SSSR count). The third kappa shape index (κ3) is 4.44. The average molecular weight is 139 g/mol. The van der Waals surface area contributed by atoms with Crippen molar-refractivity contribution in [2.45, 2.75) is 13.0 Å². The van der Waals surface area contributed by atoms with Crippen molar-refractivity contribution in [2.75, 3.05) is 5.33 Å². The van der Waals surface area contributed by atoms with E-state index in [0.717, 1.165) is 0 Å². The molecule has 1 atom stereocenters. The summed E-state index contributed by atoms with van der Waals surface area (Å²) >= 11 is 3.06. The van der Waals surface area contributed by atoms with E-state index in [1.165, 1.54) is 0 Å². The van der Waals surface area contributed by atoms with E-state index in [2.05, 4.69) is 15.9 Å². The molecule has 0 radical (unpaired) electrons. The molecule has 0 aromatic rings. The Balaban J connectivity index is 2.54. The van der Waals surface area contributed by atoms with Gasteiger partial charge in [0.1, 0.15) is 0 Å². The van der Waals surface area contributed by atoms with Crippen LogP contribution in [0.3, 0.4) is 0 Å². The summed E-state index contributed by atoms with van der Waals surface area (Å²) in [7, 11) is 0. The number of rotatable bonds is 1. The van der Waals surface area contributed by atoms with Gasteiger partial charge in [0, 0.05) is 5.33 Å². The zero-order valence-electron chi connectivity index (χ0n) is 3.11. The number of aliphatic hydroxyl groups is 1. The molecule has 0 aliphatic heterocycles. The molecule has 0 aliphatic carbocycles. The van der Waals surface area contributed by atoms with Crippen molar-refractivity contribution in [3.63, 3.8) is 0 Å². The molecular formula is C3H7BrO. The van der Waals surface area contributed by atoms with Crippen molar-refractivity contribution in [3.05, 3.63) is 0 Å². The first-order chi connectivity index (χ1) is 2.27. The monoisotopic (exact) mass is 138 g/mol. The highest BCUT2D eigenvalue weighted by Gasteiger charge is 1.83. The van der Waals surface area contributed by atoms with Crippen molar-refractivity contribution < 1.29 is 5.11 Å². The molecule has 0 spiro atoms. The number of alkyl halides is 1. The number of aliphatic hydroxyl groups excluding tert-OH is 1. The fourth-order valence-electron chi connectivity index (χ4n) is 0. The largest absolute Gasteiger partial charge is 0.393 e. The Hall–Kier alpha value is 0.440. The van der Waals surface area contributed by atoms with E-state index in [9.17, 15) is 0 Å².